The van der Waals surface area contributed by atoms with Gasteiger partial charge in [-0.15, -0.1) is 0 Å². The van der Waals surface area contributed by atoms with Crippen LogP contribution in [0.3, 0.4) is 0 Å². The molecule has 0 radical (unpaired) electrons. The van der Waals surface area contributed by atoms with E-state index in [9.17, 15) is 0 Å². The molecule has 1 unspecified atom stereocenters. The van der Waals surface area contributed by atoms with Crippen LogP contribution >= 0.6 is 0 Å². The quantitative estimate of drug-likeness (QED) is 0.668. The van der Waals surface area contributed by atoms with Crippen LogP contribution in [0, 0.1) is 0 Å². The van der Waals surface area contributed by atoms with Crippen molar-refractivity contribution in [2.45, 2.75) is 20.0 Å². The molecule has 2 nitrogen and oxygen atoms in total. The van der Waals surface area contributed by atoms with Gasteiger partial charge < -0.3 is 0 Å². The summed E-state index contributed by atoms with van der Waals surface area (Å²) in [5.41, 5.74) is 2.37. The van der Waals surface area contributed by atoms with Gasteiger partial charge in [-0.1, -0.05) is 0 Å². The van der Waals surface area contributed by atoms with E-state index >= 15 is 0 Å². The molecule has 1 aromatic carbocycles. The second kappa shape index (κ2) is 4.31. The van der Waals surface area contributed by atoms with Crippen LogP contribution < -0.4 is 22.0 Å². The Bertz CT molecular complexity index is 346. The van der Waals surface area contributed by atoms with Crippen LogP contribution in [0.15, 0.2) is 36.1 Å². The van der Waals surface area contributed by atoms with E-state index in [1.165, 1.54) is 11.1 Å². The monoisotopic (exact) mass is 303 g/mol. The van der Waals surface area contributed by atoms with Crippen LogP contribution in [0.25, 0.3) is 5.57 Å². The molecular weight excluding hydrogens is 291 g/mol. The molecule has 0 bridgehead atoms. The van der Waals surface area contributed by atoms with Crippen LogP contribution in [-0.2, 0) is 6.13 Å². The minimum atomic E-state index is -0.543. The molecule has 0 N–H and O–H groups in total. The third-order valence-corrected chi connectivity index (χ3v) is 4.00. The summed E-state index contributed by atoms with van der Waals surface area (Å²) in [6.07, 6.45) is 0.166. The number of rotatable bonds is 1. The summed E-state index contributed by atoms with van der Waals surface area (Å²) >= 11 is -0.543. The fourth-order valence-corrected chi connectivity index (χ4v) is 2.72. The predicted octanol–water partition coefficient (Wildman–Crippen LogP) is -0.228. The molecule has 14 heavy (non-hydrogen) atoms. The first kappa shape index (κ1) is 9.98. The Hall–Kier alpha value is -0.550. The van der Waals surface area contributed by atoms with Crippen LogP contribution in [0.2, 0.25) is 0 Å². The van der Waals surface area contributed by atoms with Crippen molar-refractivity contribution in [3.63, 3.8) is 0 Å². The minimum absolute atomic E-state index is 0.166. The van der Waals surface area contributed by atoms with E-state index < -0.39 is 22.0 Å². The zero-order chi connectivity index (χ0) is 9.97. The molecule has 0 aromatic heterocycles. The first-order chi connectivity index (χ1) is 6.79. The number of hydrogen-bond acceptors (Lipinski definition) is 2. The van der Waals surface area contributed by atoms with Crippen molar-refractivity contribution in [2.24, 2.45) is 0 Å². The number of benzene rings is 1. The number of halogens is 1. The Kier molecular flexibility index (Phi) is 3.08. The zero-order valence-corrected chi connectivity index (χ0v) is 10.3. The van der Waals surface area contributed by atoms with E-state index in [1.807, 2.05) is 25.1 Å². The van der Waals surface area contributed by atoms with Gasteiger partial charge in [0.15, 0.2) is 0 Å². The Morgan fingerprint density at radius 3 is 2.57 bits per heavy atom. The van der Waals surface area contributed by atoms with E-state index in [-0.39, 0.29) is 6.10 Å². The van der Waals surface area contributed by atoms with Crippen molar-refractivity contribution in [2.75, 3.05) is 0 Å². The summed E-state index contributed by atoms with van der Waals surface area (Å²) in [6, 6.07) is 10.3. The summed E-state index contributed by atoms with van der Waals surface area (Å²) in [7, 11) is 0. The van der Waals surface area contributed by atoms with Gasteiger partial charge in [-0.2, -0.15) is 0 Å². The maximum atomic E-state index is 5.55. The summed E-state index contributed by atoms with van der Waals surface area (Å²) in [6.45, 7) is 4.09. The van der Waals surface area contributed by atoms with Gasteiger partial charge in [0, 0.05) is 0 Å². The second-order valence-corrected chi connectivity index (χ2v) is 4.52. The first-order valence-corrected chi connectivity index (χ1v) is 6.29. The fraction of sp³-hybridized carbons (Fsp3) is 0.273. The molecule has 0 saturated carbocycles. The summed E-state index contributed by atoms with van der Waals surface area (Å²) in [5, 5.41) is 0. The van der Waals surface area contributed by atoms with E-state index in [4.69, 9.17) is 6.13 Å². The van der Waals surface area contributed by atoms with Gasteiger partial charge >= 0.3 is 95.3 Å². The van der Waals surface area contributed by atoms with E-state index in [1.54, 1.807) is 0 Å². The molecule has 1 aliphatic rings. The standard InChI is InChI=1S/C11H12IO2/c1-8-11(9(2)14-12-13-8)10-6-4-3-5-7-10/h3-8H,1-2H3/q-1. The molecule has 0 fully saturated rings. The molecule has 1 aliphatic heterocycles. The van der Waals surface area contributed by atoms with Crippen molar-refractivity contribution in [3.8, 4) is 0 Å². The van der Waals surface area contributed by atoms with E-state index in [0.29, 0.717) is 0 Å². The van der Waals surface area contributed by atoms with Gasteiger partial charge in [0.25, 0.3) is 0 Å². The predicted molar refractivity (Wildman–Crippen MR) is 50.7 cm³/mol. The molecule has 3 heteroatoms. The van der Waals surface area contributed by atoms with Crippen molar-refractivity contribution in [1.82, 2.24) is 0 Å². The SMILES string of the molecule is CC1=C(c2ccccc2)C(C)O[I-]O1. The summed E-state index contributed by atoms with van der Waals surface area (Å²) in [5.74, 6) is 1.02. The molecule has 0 aliphatic carbocycles. The van der Waals surface area contributed by atoms with Crippen LogP contribution in [0.4, 0.5) is 0 Å². The third kappa shape index (κ3) is 1.93. The molecule has 1 heterocycles. The summed E-state index contributed by atoms with van der Waals surface area (Å²) in [4.78, 5) is 0. The normalized spacial score (nSPS) is 22.6. The molecular formula is C11H12IO2-. The van der Waals surface area contributed by atoms with Gasteiger partial charge in [0.1, 0.15) is 0 Å². The first-order valence-electron chi connectivity index (χ1n) is 4.53. The van der Waals surface area contributed by atoms with Gasteiger partial charge in [-0.3, -0.25) is 0 Å². The Morgan fingerprint density at radius 2 is 1.93 bits per heavy atom. The Morgan fingerprint density at radius 1 is 1.21 bits per heavy atom. The van der Waals surface area contributed by atoms with Crippen LogP contribution in [0.5, 0.6) is 0 Å². The van der Waals surface area contributed by atoms with Gasteiger partial charge in [-0.25, -0.2) is 0 Å². The zero-order valence-electron chi connectivity index (χ0n) is 8.16. The fourth-order valence-electron chi connectivity index (χ4n) is 1.55. The molecule has 0 amide bonds. The molecule has 2 rings (SSSR count). The van der Waals surface area contributed by atoms with Gasteiger partial charge in [-0.05, 0) is 0 Å². The summed E-state index contributed by atoms with van der Waals surface area (Å²) < 4.78 is 11.0. The van der Waals surface area contributed by atoms with Crippen molar-refractivity contribution < 1.29 is 28.2 Å². The molecule has 0 spiro atoms. The third-order valence-electron chi connectivity index (χ3n) is 2.19. The Labute approximate surface area is 95.3 Å². The number of allylic oxidation sites excluding steroid dienone is 1. The van der Waals surface area contributed by atoms with E-state index in [0.717, 1.165) is 5.76 Å². The van der Waals surface area contributed by atoms with Crippen molar-refractivity contribution in [3.05, 3.63) is 41.7 Å². The van der Waals surface area contributed by atoms with Crippen LogP contribution in [0.1, 0.15) is 19.4 Å². The Balaban J connectivity index is 2.41. The van der Waals surface area contributed by atoms with Crippen molar-refractivity contribution >= 4 is 5.57 Å². The van der Waals surface area contributed by atoms with Crippen molar-refractivity contribution in [1.29, 1.82) is 0 Å². The molecule has 1 atom stereocenters. The molecule has 76 valence electrons. The average Bonchev–Trinajstić information content (AvgIpc) is 2.19. The molecule has 1 aromatic rings. The topological polar surface area (TPSA) is 18.5 Å². The van der Waals surface area contributed by atoms with E-state index in [2.05, 4.69) is 19.1 Å². The maximum absolute atomic E-state index is 5.55. The second-order valence-electron chi connectivity index (χ2n) is 3.21. The molecule has 0 saturated heterocycles. The van der Waals surface area contributed by atoms with Crippen LogP contribution in [-0.4, -0.2) is 6.10 Å². The van der Waals surface area contributed by atoms with Gasteiger partial charge in [0.05, 0.1) is 0 Å². The average molecular weight is 303 g/mol. The number of hydrogen-bond donors (Lipinski definition) is 0. The van der Waals surface area contributed by atoms with Gasteiger partial charge in [0.2, 0.25) is 0 Å².